The Kier molecular flexibility index (Phi) is 6.33. The molecule has 2 heterocycles. The molecule has 3 aromatic carbocycles. The zero-order chi connectivity index (χ0) is 23.9. The molecule has 1 aliphatic rings. The minimum atomic E-state index is -3.64. The number of fused-ring (bicyclic) bond motifs is 2. The van der Waals surface area contributed by atoms with Crippen molar-refractivity contribution in [3.63, 3.8) is 0 Å². The van der Waals surface area contributed by atoms with Gasteiger partial charge in [-0.05, 0) is 79.9 Å². The Morgan fingerprint density at radius 1 is 1.15 bits per heavy atom. The Morgan fingerprint density at radius 3 is 2.79 bits per heavy atom. The second-order valence-electron chi connectivity index (χ2n) is 8.92. The summed E-state index contributed by atoms with van der Waals surface area (Å²) in [5.74, 6) is -0.345. The van der Waals surface area contributed by atoms with E-state index in [1.54, 1.807) is 30.3 Å². The van der Waals surface area contributed by atoms with Crippen molar-refractivity contribution in [2.45, 2.75) is 43.2 Å². The van der Waals surface area contributed by atoms with E-state index >= 15 is 0 Å². The number of aryl methyl sites for hydroxylation is 1. The second kappa shape index (κ2) is 9.26. The molecule has 1 aromatic heterocycles. The smallest absolute Gasteiger partial charge is 0.240 e. The summed E-state index contributed by atoms with van der Waals surface area (Å²) in [6.45, 7) is 3.57. The van der Waals surface area contributed by atoms with Crippen LogP contribution in [0.1, 0.15) is 25.5 Å². The number of rotatable bonds is 7. The van der Waals surface area contributed by atoms with E-state index in [-0.39, 0.29) is 22.8 Å². The maximum atomic E-state index is 13.3. The number of aromatic nitrogens is 1. The molecule has 1 fully saturated rings. The van der Waals surface area contributed by atoms with Gasteiger partial charge in [0.2, 0.25) is 10.0 Å². The molecule has 4 aromatic rings. The van der Waals surface area contributed by atoms with Crippen LogP contribution in [0.5, 0.6) is 0 Å². The third kappa shape index (κ3) is 4.81. The maximum Gasteiger partial charge on any atom is 0.240 e. The Bertz CT molecular complexity index is 1460. The third-order valence-corrected chi connectivity index (χ3v) is 8.23. The fourth-order valence-electron chi connectivity index (χ4n) is 4.74. The van der Waals surface area contributed by atoms with E-state index in [2.05, 4.69) is 21.7 Å². The zero-order valence-electron chi connectivity index (χ0n) is 18.7. The van der Waals surface area contributed by atoms with E-state index in [0.717, 1.165) is 41.2 Å². The first-order valence-corrected chi connectivity index (χ1v) is 13.1. The van der Waals surface area contributed by atoms with Crippen LogP contribution >= 0.6 is 11.6 Å². The van der Waals surface area contributed by atoms with Gasteiger partial charge in [0.15, 0.2) is 5.58 Å². The number of nitrogens with zero attached hydrogens (tertiary/aromatic N) is 2. The summed E-state index contributed by atoms with van der Waals surface area (Å²) >= 11 is 6.03. The van der Waals surface area contributed by atoms with Gasteiger partial charge in [-0.15, -0.1) is 0 Å². The zero-order valence-corrected chi connectivity index (χ0v) is 20.2. The highest BCUT2D eigenvalue weighted by molar-refractivity contribution is 7.89. The summed E-state index contributed by atoms with van der Waals surface area (Å²) in [6, 6.07) is 15.0. The highest BCUT2D eigenvalue weighted by Gasteiger charge is 2.32. The molecule has 34 heavy (non-hydrogen) atoms. The van der Waals surface area contributed by atoms with E-state index in [9.17, 15) is 12.8 Å². The molecular weight excluding hydrogens is 477 g/mol. The third-order valence-electron chi connectivity index (χ3n) is 6.48. The fourth-order valence-corrected chi connectivity index (χ4v) is 6.19. The summed E-state index contributed by atoms with van der Waals surface area (Å²) in [4.78, 5) is 2.54. The van der Waals surface area contributed by atoms with Gasteiger partial charge in [-0.2, -0.15) is 0 Å². The lowest BCUT2D eigenvalue weighted by atomic mass is 10.1. The average Bonchev–Trinajstić information content (AvgIpc) is 3.35. The van der Waals surface area contributed by atoms with Crippen molar-refractivity contribution in [1.29, 1.82) is 0 Å². The predicted octanol–water partition coefficient (Wildman–Crippen LogP) is 5.15. The van der Waals surface area contributed by atoms with Gasteiger partial charge in [0.05, 0.1) is 10.6 Å². The largest absolute Gasteiger partial charge is 0.356 e. The molecule has 0 saturated carbocycles. The number of sulfonamides is 1. The fraction of sp³-hybridized carbons (Fsp3) is 0.320. The SMILES string of the molecule is C[C@H]1C[C@H](NS(=O)(=O)c2ccc3cc(Cl)ccc3c2)CN1CCCc1noc2cc(F)ccc12. The van der Waals surface area contributed by atoms with Crippen molar-refractivity contribution in [3.8, 4) is 0 Å². The first-order chi connectivity index (χ1) is 16.3. The van der Waals surface area contributed by atoms with Crippen molar-refractivity contribution < 1.29 is 17.3 Å². The van der Waals surface area contributed by atoms with Crippen LogP contribution < -0.4 is 4.72 Å². The molecule has 178 valence electrons. The molecule has 0 bridgehead atoms. The number of hydrogen-bond acceptors (Lipinski definition) is 5. The highest BCUT2D eigenvalue weighted by atomic mass is 35.5. The summed E-state index contributed by atoms with van der Waals surface area (Å²) < 4.78 is 47.5. The molecule has 1 aliphatic heterocycles. The minimum absolute atomic E-state index is 0.156. The molecule has 6 nitrogen and oxygen atoms in total. The molecule has 0 amide bonds. The van der Waals surface area contributed by atoms with Crippen LogP contribution in [0.3, 0.4) is 0 Å². The van der Waals surface area contributed by atoms with Crippen LogP contribution in [0, 0.1) is 5.82 Å². The van der Waals surface area contributed by atoms with Crippen LogP contribution in [0.4, 0.5) is 4.39 Å². The van der Waals surface area contributed by atoms with Gasteiger partial charge in [-0.1, -0.05) is 28.9 Å². The number of nitrogens with one attached hydrogen (secondary N) is 1. The Labute approximate surface area is 202 Å². The first-order valence-electron chi connectivity index (χ1n) is 11.3. The van der Waals surface area contributed by atoms with Crippen molar-refractivity contribution >= 4 is 43.4 Å². The molecule has 9 heteroatoms. The monoisotopic (exact) mass is 501 g/mol. The van der Waals surface area contributed by atoms with Crippen molar-refractivity contribution in [1.82, 2.24) is 14.8 Å². The Morgan fingerprint density at radius 2 is 1.94 bits per heavy atom. The van der Waals surface area contributed by atoms with Crippen molar-refractivity contribution in [3.05, 3.63) is 71.1 Å². The van der Waals surface area contributed by atoms with E-state index in [0.29, 0.717) is 23.6 Å². The number of benzene rings is 3. The van der Waals surface area contributed by atoms with Gasteiger partial charge in [0.1, 0.15) is 5.82 Å². The number of likely N-dealkylation sites (tertiary alicyclic amines) is 1. The summed E-state index contributed by atoms with van der Waals surface area (Å²) in [7, 11) is -3.64. The maximum absolute atomic E-state index is 13.3. The lowest BCUT2D eigenvalue weighted by molar-refractivity contribution is 0.263. The molecule has 0 unspecified atom stereocenters. The molecule has 0 spiro atoms. The van der Waals surface area contributed by atoms with Gasteiger partial charge in [-0.25, -0.2) is 17.5 Å². The van der Waals surface area contributed by atoms with Crippen molar-refractivity contribution in [2.75, 3.05) is 13.1 Å². The van der Waals surface area contributed by atoms with Gasteiger partial charge in [-0.3, -0.25) is 4.90 Å². The van der Waals surface area contributed by atoms with E-state index in [1.165, 1.54) is 12.1 Å². The van der Waals surface area contributed by atoms with Crippen LogP contribution in [0.25, 0.3) is 21.7 Å². The molecule has 1 saturated heterocycles. The van der Waals surface area contributed by atoms with Gasteiger partial charge in [0, 0.05) is 35.1 Å². The molecule has 0 radical (unpaired) electrons. The summed E-state index contributed by atoms with van der Waals surface area (Å²) in [5, 5.41) is 7.26. The van der Waals surface area contributed by atoms with E-state index in [4.69, 9.17) is 16.1 Å². The molecule has 1 N–H and O–H groups in total. The van der Waals surface area contributed by atoms with Crippen LogP contribution in [0.2, 0.25) is 5.02 Å². The predicted molar refractivity (Wildman–Crippen MR) is 131 cm³/mol. The minimum Gasteiger partial charge on any atom is -0.356 e. The lowest BCUT2D eigenvalue weighted by Crippen LogP contribution is -2.37. The average molecular weight is 502 g/mol. The normalized spacial score (nSPS) is 19.4. The van der Waals surface area contributed by atoms with Gasteiger partial charge in [0.25, 0.3) is 0 Å². The van der Waals surface area contributed by atoms with Gasteiger partial charge >= 0.3 is 0 Å². The molecule has 2 atom stereocenters. The Hall–Kier alpha value is -2.52. The first kappa shape index (κ1) is 23.2. The molecule has 5 rings (SSSR count). The van der Waals surface area contributed by atoms with Crippen LogP contribution in [-0.4, -0.2) is 43.6 Å². The van der Waals surface area contributed by atoms with Gasteiger partial charge < -0.3 is 4.52 Å². The quantitative estimate of drug-likeness (QED) is 0.379. The van der Waals surface area contributed by atoms with Crippen molar-refractivity contribution in [2.24, 2.45) is 0 Å². The molecule has 0 aliphatic carbocycles. The lowest BCUT2D eigenvalue weighted by Gasteiger charge is -2.20. The summed E-state index contributed by atoms with van der Waals surface area (Å²) in [5.41, 5.74) is 1.27. The van der Waals surface area contributed by atoms with Crippen LogP contribution in [-0.2, 0) is 16.4 Å². The van der Waals surface area contributed by atoms with Crippen LogP contribution in [0.15, 0.2) is 64.0 Å². The van der Waals surface area contributed by atoms with E-state index < -0.39 is 10.0 Å². The second-order valence-corrected chi connectivity index (χ2v) is 11.1. The summed E-state index contributed by atoms with van der Waals surface area (Å²) in [6.07, 6.45) is 2.30. The standard InChI is InChI=1S/C25H25ClFN3O3S/c1-16-11-21(29-34(31,32)22-8-5-17-12-19(26)6-4-18(17)13-22)15-30(16)10-2-3-24-23-9-7-20(27)14-25(23)33-28-24/h4-9,12-14,16,21,29H,2-3,10-11,15H2,1H3/t16-,21-/m0/s1. The van der Waals surface area contributed by atoms with E-state index in [1.807, 2.05) is 12.1 Å². The number of halogens is 2. The Balaban J connectivity index is 1.19. The number of hydrogen-bond donors (Lipinski definition) is 1. The molecular formula is C25H25ClFN3O3S. The topological polar surface area (TPSA) is 75.4 Å². The highest BCUT2D eigenvalue weighted by Crippen LogP contribution is 2.25.